The standard InChI is InChI=1S/C29H33ClN8O10S2/c1-29(2,47-13-39)48-36-18(15-12-50-28(31)34-15)24(43)35-20-25(44)37-21(27(45)46)14(11-49-26(20)37)10-38(6-3-4-7-38)8-5-32-23(42)19-17(30)22(41)16(40)9-33-19/h9,12-13,20,26H,3-8,10-11H2,1-2H3,(H6-,31,32,33,34,35,36,40,41,42,43,45,46)/p+1/t20-,26-/m1/s1. The van der Waals surface area contributed by atoms with E-state index in [-0.39, 0.29) is 46.7 Å². The summed E-state index contributed by atoms with van der Waals surface area (Å²) in [6, 6.07) is -1.09. The molecule has 7 N–H and O–H groups in total. The average Bonchev–Trinajstić information content (AvgIpc) is 3.71. The molecule has 2 aromatic rings. The van der Waals surface area contributed by atoms with E-state index in [2.05, 4.69) is 25.8 Å². The number of quaternary nitrogens is 1. The largest absolute Gasteiger partial charge is 0.503 e. The molecule has 0 spiro atoms. The summed E-state index contributed by atoms with van der Waals surface area (Å²) in [5.41, 5.74) is 4.78. The summed E-state index contributed by atoms with van der Waals surface area (Å²) in [6.45, 7) is 5.28. The molecule has 0 unspecified atom stereocenters. The number of oxime groups is 1. The minimum Gasteiger partial charge on any atom is -0.503 e. The molecular weight excluding hydrogens is 720 g/mol. The number of ether oxygens (including phenoxy) is 1. The number of carboxylic acid groups (broad SMARTS) is 1. The number of H-pyrrole nitrogens is 1. The van der Waals surface area contributed by atoms with Crippen LogP contribution < -0.4 is 21.8 Å². The fraction of sp³-hybridized carbons (Fsp3) is 0.448. The highest BCUT2D eigenvalue weighted by atomic mass is 35.5. The summed E-state index contributed by atoms with van der Waals surface area (Å²) >= 11 is 8.28. The van der Waals surface area contributed by atoms with Gasteiger partial charge >= 0.3 is 5.97 Å². The van der Waals surface area contributed by atoms with E-state index >= 15 is 0 Å². The summed E-state index contributed by atoms with van der Waals surface area (Å²) in [7, 11) is 0. The van der Waals surface area contributed by atoms with Crippen molar-refractivity contribution >= 4 is 75.7 Å². The van der Waals surface area contributed by atoms with Crippen molar-refractivity contribution in [2.75, 3.05) is 44.2 Å². The third kappa shape index (κ3) is 7.57. The van der Waals surface area contributed by atoms with Gasteiger partial charge in [-0.1, -0.05) is 16.8 Å². The van der Waals surface area contributed by atoms with E-state index in [1.807, 2.05) is 0 Å². The smallest absolute Gasteiger partial charge is 0.352 e. The fourth-order valence-electron chi connectivity index (χ4n) is 5.94. The summed E-state index contributed by atoms with van der Waals surface area (Å²) in [5, 5.41) is 29.4. The number of aromatic nitrogens is 2. The molecule has 50 heavy (non-hydrogen) atoms. The number of carbonyl (C=O) groups excluding carboxylic acids is 4. The molecule has 0 aliphatic carbocycles. The molecule has 2 aromatic heterocycles. The van der Waals surface area contributed by atoms with Gasteiger partial charge in [0.15, 0.2) is 16.6 Å². The number of aliphatic carboxylic acids is 1. The third-order valence-corrected chi connectivity index (χ3v) is 10.7. The minimum atomic E-state index is -1.53. The SMILES string of the molecule is CC(C)(OC=O)O/N=C(\C(=O)N[C@@H]1C(=O)N2C(C(=O)O)=C(C[N+]3(CCNC(=O)c4[nH]cc(O)c(=O)c4Cl)CCCC3)CS[C@H]12)c1csc(N)n1. The number of carboxylic acids is 1. The quantitative estimate of drug-likeness (QED) is 0.0377. The van der Waals surface area contributed by atoms with Crippen molar-refractivity contribution in [2.24, 2.45) is 5.16 Å². The Labute approximate surface area is 297 Å². The van der Waals surface area contributed by atoms with Gasteiger partial charge in [-0.2, -0.15) is 0 Å². The highest BCUT2D eigenvalue weighted by Crippen LogP contribution is 2.41. The highest BCUT2D eigenvalue weighted by Gasteiger charge is 2.55. The van der Waals surface area contributed by atoms with Gasteiger partial charge in [-0.3, -0.25) is 28.9 Å². The van der Waals surface area contributed by atoms with E-state index < -0.39 is 57.1 Å². The van der Waals surface area contributed by atoms with Crippen molar-refractivity contribution in [2.45, 2.75) is 43.9 Å². The van der Waals surface area contributed by atoms with Crippen LogP contribution >= 0.6 is 34.7 Å². The van der Waals surface area contributed by atoms with Crippen LogP contribution in [0.4, 0.5) is 5.13 Å². The molecule has 3 amide bonds. The maximum Gasteiger partial charge on any atom is 0.352 e. The predicted octanol–water partition coefficient (Wildman–Crippen LogP) is 0.182. The van der Waals surface area contributed by atoms with Crippen molar-refractivity contribution < 1.29 is 48.2 Å². The van der Waals surface area contributed by atoms with Crippen LogP contribution in [0.1, 0.15) is 42.9 Å². The number of nitrogens with one attached hydrogen (secondary N) is 3. The van der Waals surface area contributed by atoms with Crippen LogP contribution in [0.5, 0.6) is 5.75 Å². The molecule has 18 nitrogen and oxygen atoms in total. The second-order valence-electron chi connectivity index (χ2n) is 12.2. The highest BCUT2D eigenvalue weighted by molar-refractivity contribution is 8.00. The zero-order chi connectivity index (χ0) is 36.4. The molecule has 0 radical (unpaired) electrons. The second-order valence-corrected chi connectivity index (χ2v) is 14.5. The number of amides is 3. The number of likely N-dealkylation sites (tertiary alicyclic amines) is 1. The number of carbonyl (C=O) groups is 5. The Kier molecular flexibility index (Phi) is 10.7. The van der Waals surface area contributed by atoms with Gasteiger partial charge in [0.1, 0.15) is 40.1 Å². The van der Waals surface area contributed by atoms with Crippen LogP contribution in [-0.4, -0.2) is 121 Å². The molecular formula is C29H34ClN8O10S2+. The lowest BCUT2D eigenvalue weighted by Crippen LogP contribution is -2.71. The number of thiazole rings is 1. The molecule has 268 valence electrons. The third-order valence-electron chi connectivity index (χ3n) is 8.35. The van der Waals surface area contributed by atoms with Gasteiger partial charge in [-0.15, -0.1) is 23.1 Å². The first kappa shape index (κ1) is 36.6. The topological polar surface area (TPSA) is 256 Å². The number of aromatic hydroxyl groups is 1. The number of nitrogens with zero attached hydrogens (tertiary/aromatic N) is 4. The van der Waals surface area contributed by atoms with E-state index in [0.717, 1.165) is 30.4 Å². The van der Waals surface area contributed by atoms with Gasteiger partial charge in [0.2, 0.25) is 5.43 Å². The molecule has 0 bridgehead atoms. The van der Waals surface area contributed by atoms with E-state index in [1.165, 1.54) is 35.9 Å². The van der Waals surface area contributed by atoms with Crippen molar-refractivity contribution in [1.82, 2.24) is 25.5 Å². The van der Waals surface area contributed by atoms with Crippen molar-refractivity contribution in [3.63, 3.8) is 0 Å². The molecule has 5 heterocycles. The van der Waals surface area contributed by atoms with E-state index in [1.54, 1.807) is 0 Å². The number of β-lactam (4-membered cyclic amide) rings is 1. The lowest BCUT2D eigenvalue weighted by atomic mass is 10.0. The molecule has 2 atom stereocenters. The van der Waals surface area contributed by atoms with Crippen molar-refractivity contribution in [3.8, 4) is 5.75 Å². The summed E-state index contributed by atoms with van der Waals surface area (Å²) in [6.07, 6.45) is 2.73. The molecule has 0 aromatic carbocycles. The number of nitrogen functional groups attached to an aromatic ring is 1. The van der Waals surface area contributed by atoms with Gasteiger partial charge < -0.3 is 45.6 Å². The first-order valence-corrected chi connectivity index (χ1v) is 17.5. The van der Waals surface area contributed by atoms with Gasteiger partial charge in [0.25, 0.3) is 30.0 Å². The number of halogens is 1. The van der Waals surface area contributed by atoms with Crippen LogP contribution in [0.2, 0.25) is 5.02 Å². The van der Waals surface area contributed by atoms with Gasteiger partial charge in [0.05, 0.1) is 26.2 Å². The minimum absolute atomic E-state index is 0.0514. The number of rotatable bonds is 14. The Hall–Kier alpha value is -4.66. The molecule has 5 rings (SSSR count). The first-order valence-electron chi connectivity index (χ1n) is 15.2. The molecule has 2 saturated heterocycles. The zero-order valence-electron chi connectivity index (χ0n) is 26.8. The van der Waals surface area contributed by atoms with Gasteiger partial charge in [-0.25, -0.2) is 9.78 Å². The molecule has 3 aliphatic rings. The predicted molar refractivity (Wildman–Crippen MR) is 180 cm³/mol. The van der Waals surface area contributed by atoms with Crippen molar-refractivity contribution in [1.29, 1.82) is 0 Å². The number of aromatic amines is 1. The van der Waals surface area contributed by atoms with Gasteiger partial charge in [0, 0.05) is 49.6 Å². The molecule has 2 fully saturated rings. The second kappa shape index (κ2) is 14.7. The zero-order valence-corrected chi connectivity index (χ0v) is 29.2. The van der Waals surface area contributed by atoms with Crippen LogP contribution in [-0.2, 0) is 28.8 Å². The fourth-order valence-corrected chi connectivity index (χ4v) is 8.06. The lowest BCUT2D eigenvalue weighted by molar-refractivity contribution is -0.911. The van der Waals surface area contributed by atoms with E-state index in [9.17, 15) is 39.0 Å². The van der Waals surface area contributed by atoms with Crippen LogP contribution in [0.15, 0.2) is 32.8 Å². The van der Waals surface area contributed by atoms with Crippen LogP contribution in [0.3, 0.4) is 0 Å². The molecule has 3 aliphatic heterocycles. The summed E-state index contributed by atoms with van der Waals surface area (Å²) in [4.78, 5) is 88.0. The Morgan fingerprint density at radius 1 is 1.30 bits per heavy atom. The molecule has 21 heteroatoms. The maximum atomic E-state index is 13.5. The van der Waals surface area contributed by atoms with Gasteiger partial charge in [-0.05, 0) is 0 Å². The number of nitrogens with two attached hydrogens (primary N) is 1. The van der Waals surface area contributed by atoms with E-state index in [0.29, 0.717) is 36.2 Å². The normalized spacial score (nSPS) is 20.1. The summed E-state index contributed by atoms with van der Waals surface area (Å²) < 4.78 is 5.27. The molecule has 0 saturated carbocycles. The first-order chi connectivity index (χ1) is 23.7. The number of thioether (sulfide) groups is 1. The number of hydrogen-bond donors (Lipinski definition) is 6. The number of hydrogen-bond acceptors (Lipinski definition) is 14. The summed E-state index contributed by atoms with van der Waals surface area (Å²) in [5.74, 6) is -5.28. The van der Waals surface area contributed by atoms with Crippen LogP contribution in [0, 0.1) is 0 Å². The van der Waals surface area contributed by atoms with Crippen LogP contribution in [0.25, 0.3) is 0 Å². The Morgan fingerprint density at radius 3 is 2.66 bits per heavy atom. The Balaban J connectivity index is 1.29. The average molecular weight is 754 g/mol. The lowest BCUT2D eigenvalue weighted by Gasteiger charge is -2.50. The Bertz CT molecular complexity index is 1840. The number of fused-ring (bicyclic) bond motifs is 1. The number of anilines is 1. The maximum absolute atomic E-state index is 13.5. The van der Waals surface area contributed by atoms with Crippen molar-refractivity contribution in [3.05, 3.63) is 49.5 Å². The Morgan fingerprint density at radius 2 is 2.02 bits per heavy atom. The number of pyridine rings is 1. The monoisotopic (exact) mass is 753 g/mol. The van der Waals surface area contributed by atoms with E-state index in [4.69, 9.17) is 26.9 Å².